The van der Waals surface area contributed by atoms with Gasteiger partial charge in [-0.3, -0.25) is 0 Å². The summed E-state index contributed by atoms with van der Waals surface area (Å²) in [6.45, 7) is 12.9. The Bertz CT molecular complexity index is 1980. The Morgan fingerprint density at radius 3 is 1.78 bits per heavy atom. The summed E-state index contributed by atoms with van der Waals surface area (Å²) in [6.07, 6.45) is -25.0. The van der Waals surface area contributed by atoms with Crippen molar-refractivity contribution in [3.05, 3.63) is 11.6 Å². The van der Waals surface area contributed by atoms with Gasteiger partial charge in [-0.05, 0) is 94.8 Å². The van der Waals surface area contributed by atoms with E-state index in [2.05, 4.69) is 27.7 Å². The van der Waals surface area contributed by atoms with Gasteiger partial charge in [0.15, 0.2) is 30.9 Å². The minimum atomic E-state index is -1.88. The number of ether oxygens (including phenoxy) is 10. The zero-order valence-electron chi connectivity index (χ0n) is 42.8. The first kappa shape index (κ1) is 55.2. The SMILES string of the molecule is C[C@@H]1CC[C@@]2(OC1)O[C@H]1C[C@H]3[C@@H]4[C@H](O)C=C5C[C@@H](O[C@@H]6O[C@H](CO)[C@@H](O[C@@H]7O[C@@H](C)[C@H](O[C@@H]8O[C@@H](C)[C@H](O)[C@@H](O)[C@H]8O)[C@@H](O)[C@H]7O)[C@H](O)[C@H]6O[C@@H]6O[C@@H](C)[C@H](O)[C@@H](O)[C@H]6O)CC[C@]5(C)[C@H]4CC[C@]3(C)[C@@]1(O)[C@@H]2C. The van der Waals surface area contributed by atoms with E-state index < -0.39 is 165 Å². The van der Waals surface area contributed by atoms with E-state index in [0.29, 0.717) is 38.2 Å². The third kappa shape index (κ3) is 8.85. The van der Waals surface area contributed by atoms with Gasteiger partial charge in [0.05, 0.1) is 49.8 Å². The molecule has 10 aliphatic rings. The number of hydrogen-bond acceptors (Lipinski definition) is 22. The number of fused-ring (bicyclic) bond motifs is 7. The molecule has 10 rings (SSSR count). The first-order valence-electron chi connectivity index (χ1n) is 26.8. The molecule has 32 atom stereocenters. The van der Waals surface area contributed by atoms with Crippen LogP contribution in [0.15, 0.2) is 11.6 Å². The van der Waals surface area contributed by atoms with Crippen molar-refractivity contribution in [1.29, 1.82) is 0 Å². The molecule has 6 saturated heterocycles. The monoisotopic (exact) mass is 1050 g/mol. The summed E-state index contributed by atoms with van der Waals surface area (Å²) >= 11 is 0. The Hall–Kier alpha value is -1.14. The van der Waals surface area contributed by atoms with E-state index in [9.17, 15) is 61.3 Å². The van der Waals surface area contributed by atoms with Gasteiger partial charge in [0.1, 0.15) is 85.0 Å². The van der Waals surface area contributed by atoms with Crippen LogP contribution in [0, 0.1) is 40.4 Å². The van der Waals surface area contributed by atoms with Crippen LogP contribution >= 0.6 is 0 Å². The van der Waals surface area contributed by atoms with Crippen molar-refractivity contribution >= 4 is 0 Å². The lowest BCUT2D eigenvalue weighted by atomic mass is 9.45. The van der Waals surface area contributed by atoms with Crippen LogP contribution in [0.4, 0.5) is 0 Å². The van der Waals surface area contributed by atoms with Crippen LogP contribution in [0.1, 0.15) is 99.8 Å². The summed E-state index contributed by atoms with van der Waals surface area (Å²) in [5, 5.41) is 134. The van der Waals surface area contributed by atoms with Gasteiger partial charge in [-0.25, -0.2) is 0 Å². The fourth-order valence-electron chi connectivity index (χ4n) is 15.4. The van der Waals surface area contributed by atoms with Crippen LogP contribution in [0.25, 0.3) is 0 Å². The Morgan fingerprint density at radius 2 is 1.18 bits per heavy atom. The number of rotatable bonds is 9. The standard InChI is InChI=1S/C51H82O22/c1-19-8-13-50(64-18-19)23(5)51(63)30(73-50)16-27-31-26(10-12-49(27,51)7)48(6)11-9-25(14-24(48)15-28(31)53)68-47-43(72-45-38(60)35(57)33(55)21(3)66-45)40(62)42(29(17-52)69-47)71-46-39(61)36(58)41(22(4)67-46)70-44-37(59)34(56)32(54)20(2)65-44/h15,19-23,25-47,52-63H,8-14,16-18H2,1-7H3/t19-,20+,21+,22+,23-,25+,26+,27+,28-,29-,30+,31-,32+,33+,34-,35-,36+,37-,38-,39-,40+,41+,42-,43-,44+,45+,46+,47-,48+,49+,50-,51-/m1/s1. The maximum absolute atomic E-state index is 12.9. The predicted molar refractivity (Wildman–Crippen MR) is 247 cm³/mol. The Labute approximate surface area is 425 Å². The first-order valence-corrected chi connectivity index (χ1v) is 26.8. The molecule has 418 valence electrons. The molecule has 0 radical (unpaired) electrons. The molecular formula is C51H82O22. The highest BCUT2D eigenvalue weighted by atomic mass is 16.8. The molecule has 0 unspecified atom stereocenters. The van der Waals surface area contributed by atoms with Gasteiger partial charge in [0.2, 0.25) is 0 Å². The number of hydrogen-bond donors (Lipinski definition) is 12. The summed E-state index contributed by atoms with van der Waals surface area (Å²) in [5.41, 5.74) is -0.967. The summed E-state index contributed by atoms with van der Waals surface area (Å²) in [4.78, 5) is 0. The predicted octanol–water partition coefficient (Wildman–Crippen LogP) is -1.82. The van der Waals surface area contributed by atoms with Gasteiger partial charge >= 0.3 is 0 Å². The molecule has 0 aromatic carbocycles. The van der Waals surface area contributed by atoms with E-state index in [1.165, 1.54) is 20.8 Å². The quantitative estimate of drug-likeness (QED) is 0.113. The normalized spacial score (nSPS) is 59.2. The summed E-state index contributed by atoms with van der Waals surface area (Å²) in [6, 6.07) is 0. The lowest BCUT2D eigenvalue weighted by Crippen LogP contribution is -2.67. The van der Waals surface area contributed by atoms with Gasteiger partial charge in [-0.2, -0.15) is 0 Å². The van der Waals surface area contributed by atoms with Gasteiger partial charge < -0.3 is 109 Å². The second kappa shape index (κ2) is 20.2. The molecule has 1 spiro atoms. The van der Waals surface area contributed by atoms with Crippen molar-refractivity contribution in [2.24, 2.45) is 40.4 Å². The molecule has 9 fully saturated rings. The highest BCUT2D eigenvalue weighted by Crippen LogP contribution is 2.72. The second-order valence-electron chi connectivity index (χ2n) is 24.1. The minimum absolute atomic E-state index is 0.0104. The molecular weight excluding hydrogens is 965 g/mol. The lowest BCUT2D eigenvalue weighted by molar-refractivity contribution is -0.394. The van der Waals surface area contributed by atoms with Crippen LogP contribution in [0.5, 0.6) is 0 Å². The van der Waals surface area contributed by atoms with E-state index in [-0.39, 0.29) is 29.1 Å². The average molecular weight is 1050 g/mol. The highest BCUT2D eigenvalue weighted by molar-refractivity contribution is 5.31. The Balaban J connectivity index is 0.853. The molecule has 3 saturated carbocycles. The molecule has 22 nitrogen and oxygen atoms in total. The van der Waals surface area contributed by atoms with Crippen LogP contribution in [-0.4, -0.2) is 227 Å². The van der Waals surface area contributed by atoms with Gasteiger partial charge in [-0.1, -0.05) is 39.3 Å². The zero-order valence-corrected chi connectivity index (χ0v) is 42.8. The zero-order chi connectivity index (χ0) is 52.6. The topological polar surface area (TPSA) is 335 Å². The fourth-order valence-corrected chi connectivity index (χ4v) is 15.4. The molecule has 6 heterocycles. The molecule has 0 aromatic rings. The van der Waals surface area contributed by atoms with Crippen molar-refractivity contribution in [1.82, 2.24) is 0 Å². The summed E-state index contributed by atoms with van der Waals surface area (Å²) in [7, 11) is 0. The van der Waals surface area contributed by atoms with E-state index in [0.717, 1.165) is 31.3 Å². The first-order chi connectivity index (χ1) is 34.4. The van der Waals surface area contributed by atoms with Crippen molar-refractivity contribution in [3.8, 4) is 0 Å². The van der Waals surface area contributed by atoms with Crippen LogP contribution in [0.2, 0.25) is 0 Å². The van der Waals surface area contributed by atoms with Gasteiger partial charge in [-0.15, -0.1) is 0 Å². The van der Waals surface area contributed by atoms with E-state index in [1.807, 2.05) is 6.08 Å². The third-order valence-electron chi connectivity index (χ3n) is 20.0. The molecule has 6 aliphatic heterocycles. The lowest BCUT2D eigenvalue weighted by Gasteiger charge is -2.60. The van der Waals surface area contributed by atoms with Gasteiger partial charge in [0.25, 0.3) is 0 Å². The largest absolute Gasteiger partial charge is 0.394 e. The second-order valence-corrected chi connectivity index (χ2v) is 24.1. The molecule has 73 heavy (non-hydrogen) atoms. The highest BCUT2D eigenvalue weighted by Gasteiger charge is 2.77. The third-order valence-corrected chi connectivity index (χ3v) is 20.0. The summed E-state index contributed by atoms with van der Waals surface area (Å²) < 4.78 is 61.7. The smallest absolute Gasteiger partial charge is 0.187 e. The summed E-state index contributed by atoms with van der Waals surface area (Å²) in [5.74, 6) is -0.691. The maximum atomic E-state index is 12.9. The van der Waals surface area contributed by atoms with Gasteiger partial charge in [0, 0.05) is 17.8 Å². The molecule has 12 N–H and O–H groups in total. The molecule has 0 amide bonds. The number of aliphatic hydroxyl groups is 12. The Morgan fingerprint density at radius 1 is 0.589 bits per heavy atom. The van der Waals surface area contributed by atoms with Crippen LogP contribution in [0.3, 0.4) is 0 Å². The van der Waals surface area contributed by atoms with E-state index >= 15 is 0 Å². The van der Waals surface area contributed by atoms with Crippen LogP contribution < -0.4 is 0 Å². The molecule has 0 bridgehead atoms. The molecule has 22 heteroatoms. The minimum Gasteiger partial charge on any atom is -0.394 e. The van der Waals surface area contributed by atoms with Crippen molar-refractivity contribution in [2.45, 2.75) is 252 Å². The fraction of sp³-hybridized carbons (Fsp3) is 0.961. The van der Waals surface area contributed by atoms with Crippen molar-refractivity contribution < 1.29 is 109 Å². The Kier molecular flexibility index (Phi) is 15.3. The van der Waals surface area contributed by atoms with E-state index in [1.54, 1.807) is 0 Å². The molecule has 0 aromatic heterocycles. The average Bonchev–Trinajstić information content (AvgIpc) is 3.71. The maximum Gasteiger partial charge on any atom is 0.187 e. The van der Waals surface area contributed by atoms with Crippen molar-refractivity contribution in [3.63, 3.8) is 0 Å². The number of aliphatic hydroxyl groups excluding tert-OH is 11. The van der Waals surface area contributed by atoms with E-state index in [4.69, 9.17) is 47.4 Å². The van der Waals surface area contributed by atoms with Crippen LogP contribution in [-0.2, 0) is 47.4 Å². The molecule has 4 aliphatic carbocycles. The van der Waals surface area contributed by atoms with Crippen molar-refractivity contribution in [2.75, 3.05) is 13.2 Å².